The van der Waals surface area contributed by atoms with Gasteiger partial charge in [0.2, 0.25) is 0 Å². The summed E-state index contributed by atoms with van der Waals surface area (Å²) in [5.41, 5.74) is 0. The average molecular weight is 210 g/mol. The third-order valence-electron chi connectivity index (χ3n) is 2.18. The Morgan fingerprint density at radius 1 is 0.846 bits per heavy atom. The molecule has 13 heavy (non-hydrogen) atoms. The van der Waals surface area contributed by atoms with Gasteiger partial charge in [0.05, 0.1) is 0 Å². The molecular weight excluding hydrogens is 187 g/mol. The minimum atomic E-state index is 0. The van der Waals surface area contributed by atoms with Crippen LogP contribution in [0.15, 0.2) is 0 Å². The molecule has 2 heteroatoms. The van der Waals surface area contributed by atoms with Crippen LogP contribution in [0.5, 0.6) is 0 Å². The monoisotopic (exact) mass is 210 g/mol. The number of unbranched alkanes of at least 4 members (excludes halogenated alkanes) is 8. The average Bonchev–Trinajstić information content (AvgIpc) is 2.10. The molecule has 1 nitrogen and oxygen atoms in total. The van der Waals surface area contributed by atoms with Crippen molar-refractivity contribution in [2.75, 3.05) is 0 Å². The first-order valence-electron chi connectivity index (χ1n) is 5.35. The van der Waals surface area contributed by atoms with Crippen LogP contribution in [0, 0.1) is 0 Å². The third-order valence-corrected chi connectivity index (χ3v) is 2.18. The first-order chi connectivity index (χ1) is 5.91. The molecular formula is C11H23KO. The van der Waals surface area contributed by atoms with Crippen molar-refractivity contribution in [3.8, 4) is 0 Å². The summed E-state index contributed by atoms with van der Waals surface area (Å²) in [6.45, 7) is 2.24. The quantitative estimate of drug-likeness (QED) is 0.325. The first kappa shape index (κ1) is 16.7. The van der Waals surface area contributed by atoms with E-state index in [0.29, 0.717) is 0 Å². The van der Waals surface area contributed by atoms with Crippen molar-refractivity contribution >= 4 is 57.7 Å². The molecule has 0 heterocycles. The summed E-state index contributed by atoms with van der Waals surface area (Å²) >= 11 is 0. The summed E-state index contributed by atoms with van der Waals surface area (Å²) < 4.78 is 0. The first-order valence-corrected chi connectivity index (χ1v) is 5.35. The Morgan fingerprint density at radius 3 is 1.77 bits per heavy atom. The third kappa shape index (κ3) is 16.0. The van der Waals surface area contributed by atoms with Crippen molar-refractivity contribution in [3.63, 3.8) is 0 Å². The SMILES string of the molecule is CCCCCCCCCCC=O.[KH]. The van der Waals surface area contributed by atoms with Gasteiger partial charge in [-0.3, -0.25) is 0 Å². The van der Waals surface area contributed by atoms with E-state index in [2.05, 4.69) is 6.92 Å². The summed E-state index contributed by atoms with van der Waals surface area (Å²) in [7, 11) is 0. The molecule has 0 aromatic carbocycles. The van der Waals surface area contributed by atoms with Crippen molar-refractivity contribution in [2.45, 2.75) is 64.7 Å². The van der Waals surface area contributed by atoms with E-state index in [4.69, 9.17) is 0 Å². The molecule has 74 valence electrons. The molecule has 0 atom stereocenters. The number of carbonyl (C=O) groups excluding carboxylic acids is 1. The summed E-state index contributed by atoms with van der Waals surface area (Å²) in [6, 6.07) is 0. The Labute approximate surface area is 125 Å². The van der Waals surface area contributed by atoms with Gasteiger partial charge in [-0.2, -0.15) is 0 Å². The summed E-state index contributed by atoms with van der Waals surface area (Å²) in [4.78, 5) is 9.98. The van der Waals surface area contributed by atoms with E-state index >= 15 is 0 Å². The van der Waals surface area contributed by atoms with Crippen LogP contribution < -0.4 is 0 Å². The molecule has 0 aliphatic rings. The van der Waals surface area contributed by atoms with Crippen LogP contribution in [0.1, 0.15) is 64.7 Å². The second kappa shape index (κ2) is 15.8. The van der Waals surface area contributed by atoms with Crippen LogP contribution in [-0.2, 0) is 4.79 Å². The van der Waals surface area contributed by atoms with Crippen molar-refractivity contribution < 1.29 is 4.79 Å². The second-order valence-electron chi connectivity index (χ2n) is 3.43. The van der Waals surface area contributed by atoms with Crippen molar-refractivity contribution in [1.29, 1.82) is 0 Å². The van der Waals surface area contributed by atoms with Crippen LogP contribution in [0.25, 0.3) is 0 Å². The Kier molecular flexibility index (Phi) is 20.3. The molecule has 0 bridgehead atoms. The Hall–Kier alpha value is 1.31. The normalized spacial score (nSPS) is 9.31. The minimum absolute atomic E-state index is 0. The molecule has 0 saturated carbocycles. The van der Waals surface area contributed by atoms with Crippen LogP contribution in [0.3, 0.4) is 0 Å². The molecule has 0 N–H and O–H groups in total. The number of rotatable bonds is 9. The van der Waals surface area contributed by atoms with E-state index in [-0.39, 0.29) is 51.4 Å². The maximum atomic E-state index is 9.98. The van der Waals surface area contributed by atoms with Gasteiger partial charge in [-0.05, 0) is 6.42 Å². The van der Waals surface area contributed by atoms with E-state index in [9.17, 15) is 4.79 Å². The fourth-order valence-corrected chi connectivity index (χ4v) is 1.36. The van der Waals surface area contributed by atoms with E-state index < -0.39 is 0 Å². The maximum absolute atomic E-state index is 9.98. The topological polar surface area (TPSA) is 17.1 Å². The van der Waals surface area contributed by atoms with E-state index in [1.54, 1.807) is 0 Å². The zero-order valence-electron chi connectivity index (χ0n) is 8.35. The van der Waals surface area contributed by atoms with Gasteiger partial charge in [0.25, 0.3) is 0 Å². The molecule has 0 rings (SSSR count). The molecule has 0 aromatic heterocycles. The summed E-state index contributed by atoms with van der Waals surface area (Å²) in [5, 5.41) is 0. The number of aldehydes is 1. The zero-order valence-corrected chi connectivity index (χ0v) is 8.35. The van der Waals surface area contributed by atoms with Gasteiger partial charge in [0, 0.05) is 6.42 Å². The van der Waals surface area contributed by atoms with Crippen LogP contribution in [0.4, 0.5) is 0 Å². The zero-order chi connectivity index (χ0) is 9.07. The van der Waals surface area contributed by atoms with E-state index in [1.807, 2.05) is 0 Å². The Balaban J connectivity index is 0. The molecule has 0 aliphatic carbocycles. The molecule has 0 amide bonds. The van der Waals surface area contributed by atoms with Crippen LogP contribution in [-0.4, -0.2) is 57.7 Å². The van der Waals surface area contributed by atoms with E-state index in [0.717, 1.165) is 19.1 Å². The van der Waals surface area contributed by atoms with Crippen LogP contribution >= 0.6 is 0 Å². The molecule has 0 radical (unpaired) electrons. The molecule has 0 unspecified atom stereocenters. The summed E-state index contributed by atoms with van der Waals surface area (Å²) in [5.74, 6) is 0. The fourth-order valence-electron chi connectivity index (χ4n) is 1.36. The molecule has 0 fully saturated rings. The van der Waals surface area contributed by atoms with Gasteiger partial charge in [-0.25, -0.2) is 0 Å². The molecule has 0 aromatic rings. The predicted octanol–water partition coefficient (Wildman–Crippen LogP) is 3.07. The van der Waals surface area contributed by atoms with E-state index in [1.165, 1.54) is 44.9 Å². The Morgan fingerprint density at radius 2 is 1.31 bits per heavy atom. The Bertz CT molecular complexity index is 94.1. The van der Waals surface area contributed by atoms with Crippen molar-refractivity contribution in [3.05, 3.63) is 0 Å². The van der Waals surface area contributed by atoms with Gasteiger partial charge in [-0.15, -0.1) is 0 Å². The summed E-state index contributed by atoms with van der Waals surface area (Å²) in [6.07, 6.45) is 12.3. The molecule has 0 aliphatic heterocycles. The standard InChI is InChI=1S/C11H22O.K.H/c1-2-3-4-5-6-7-8-9-10-11-12;;/h11H,2-10H2,1H3;;. The number of hydrogen-bond acceptors (Lipinski definition) is 1. The number of carbonyl (C=O) groups is 1. The van der Waals surface area contributed by atoms with Gasteiger partial charge in [-0.1, -0.05) is 51.9 Å². The van der Waals surface area contributed by atoms with Gasteiger partial charge in [0.1, 0.15) is 6.29 Å². The second-order valence-corrected chi connectivity index (χ2v) is 3.43. The van der Waals surface area contributed by atoms with Gasteiger partial charge >= 0.3 is 51.4 Å². The van der Waals surface area contributed by atoms with Gasteiger partial charge < -0.3 is 4.79 Å². The van der Waals surface area contributed by atoms with Gasteiger partial charge in [0.15, 0.2) is 0 Å². The fraction of sp³-hybridized carbons (Fsp3) is 0.909. The van der Waals surface area contributed by atoms with Crippen LogP contribution in [0.2, 0.25) is 0 Å². The molecule has 0 spiro atoms. The predicted molar refractivity (Wildman–Crippen MR) is 60.4 cm³/mol. The molecule has 0 saturated heterocycles. The van der Waals surface area contributed by atoms with Crippen molar-refractivity contribution in [1.82, 2.24) is 0 Å². The van der Waals surface area contributed by atoms with Crippen molar-refractivity contribution in [2.24, 2.45) is 0 Å². The number of hydrogen-bond donors (Lipinski definition) is 0.